The SMILES string of the molecule is CN=C(NCc1nccn1Cc1ccccc1)N1CCC(N2CC=CC2)C1. The predicted molar refractivity (Wildman–Crippen MR) is 109 cm³/mol. The molecule has 6 nitrogen and oxygen atoms in total. The van der Waals surface area contributed by atoms with Crippen molar-refractivity contribution in [3.05, 3.63) is 66.3 Å². The maximum atomic E-state index is 4.53. The Hall–Kier alpha value is -2.60. The molecule has 1 saturated heterocycles. The Morgan fingerprint density at radius 2 is 2.04 bits per heavy atom. The summed E-state index contributed by atoms with van der Waals surface area (Å²) in [6, 6.07) is 11.1. The molecular weight excluding hydrogens is 336 g/mol. The van der Waals surface area contributed by atoms with Crippen LogP contribution in [-0.2, 0) is 13.1 Å². The van der Waals surface area contributed by atoms with Gasteiger partial charge in [-0.25, -0.2) is 4.98 Å². The number of benzene rings is 1. The lowest BCUT2D eigenvalue weighted by molar-refractivity contribution is 0.259. The average molecular weight is 364 g/mol. The number of rotatable bonds is 5. The standard InChI is InChI=1S/C21H28N6/c1-22-21(27-13-9-19(17-27)25-11-5-6-12-25)24-15-20-23-10-14-26(20)16-18-7-3-2-4-8-18/h2-8,10,14,19H,9,11-13,15-17H2,1H3,(H,22,24). The second-order valence-electron chi connectivity index (χ2n) is 7.17. The van der Waals surface area contributed by atoms with Crippen LogP contribution in [0.1, 0.15) is 17.8 Å². The van der Waals surface area contributed by atoms with Crippen molar-refractivity contribution in [3.8, 4) is 0 Å². The fourth-order valence-corrected chi connectivity index (χ4v) is 3.95. The van der Waals surface area contributed by atoms with Crippen LogP contribution in [0.2, 0.25) is 0 Å². The molecule has 0 amide bonds. The monoisotopic (exact) mass is 364 g/mol. The van der Waals surface area contributed by atoms with Crippen LogP contribution >= 0.6 is 0 Å². The summed E-state index contributed by atoms with van der Waals surface area (Å²) in [6.07, 6.45) is 9.64. The lowest BCUT2D eigenvalue weighted by Crippen LogP contribution is -2.42. The number of aromatic nitrogens is 2. The molecule has 3 heterocycles. The normalized spacial score (nSPS) is 20.6. The van der Waals surface area contributed by atoms with Crippen molar-refractivity contribution in [3.63, 3.8) is 0 Å². The summed E-state index contributed by atoms with van der Waals surface area (Å²) in [7, 11) is 1.86. The van der Waals surface area contributed by atoms with Gasteiger partial charge in [0.2, 0.25) is 0 Å². The summed E-state index contributed by atoms with van der Waals surface area (Å²) in [5, 5.41) is 3.51. The molecule has 27 heavy (non-hydrogen) atoms. The largest absolute Gasteiger partial charge is 0.349 e. The highest BCUT2D eigenvalue weighted by molar-refractivity contribution is 5.80. The van der Waals surface area contributed by atoms with Crippen molar-refractivity contribution in [2.24, 2.45) is 4.99 Å². The van der Waals surface area contributed by atoms with Gasteiger partial charge in [-0.3, -0.25) is 9.89 Å². The fourth-order valence-electron chi connectivity index (χ4n) is 3.95. The Morgan fingerprint density at radius 1 is 1.22 bits per heavy atom. The van der Waals surface area contributed by atoms with Gasteiger partial charge in [-0.2, -0.15) is 0 Å². The van der Waals surface area contributed by atoms with E-state index in [0.717, 1.165) is 44.5 Å². The van der Waals surface area contributed by atoms with E-state index in [9.17, 15) is 0 Å². The molecule has 1 aromatic carbocycles. The lowest BCUT2D eigenvalue weighted by Gasteiger charge is -2.25. The number of likely N-dealkylation sites (tertiary alicyclic amines) is 1. The highest BCUT2D eigenvalue weighted by Gasteiger charge is 2.29. The third-order valence-corrected chi connectivity index (χ3v) is 5.44. The zero-order valence-electron chi connectivity index (χ0n) is 16.0. The molecule has 2 aliphatic heterocycles. The van der Waals surface area contributed by atoms with Gasteiger partial charge in [-0.1, -0.05) is 42.5 Å². The minimum atomic E-state index is 0.624. The zero-order chi connectivity index (χ0) is 18.5. The molecule has 2 aliphatic rings. The summed E-state index contributed by atoms with van der Waals surface area (Å²) in [5.41, 5.74) is 1.28. The summed E-state index contributed by atoms with van der Waals surface area (Å²) >= 11 is 0. The lowest BCUT2D eigenvalue weighted by atomic mass is 10.2. The van der Waals surface area contributed by atoms with E-state index >= 15 is 0 Å². The molecule has 1 fully saturated rings. The number of imidazole rings is 1. The van der Waals surface area contributed by atoms with Crippen molar-refractivity contribution in [1.82, 2.24) is 24.7 Å². The third-order valence-electron chi connectivity index (χ3n) is 5.44. The quantitative estimate of drug-likeness (QED) is 0.501. The van der Waals surface area contributed by atoms with Crippen LogP contribution in [0.4, 0.5) is 0 Å². The Bertz CT molecular complexity index is 786. The first kappa shape index (κ1) is 17.8. The van der Waals surface area contributed by atoms with Crippen LogP contribution < -0.4 is 5.32 Å². The molecule has 0 spiro atoms. The van der Waals surface area contributed by atoms with Gasteiger partial charge in [0.05, 0.1) is 6.54 Å². The maximum absolute atomic E-state index is 4.53. The van der Waals surface area contributed by atoms with Crippen molar-refractivity contribution in [1.29, 1.82) is 0 Å². The maximum Gasteiger partial charge on any atom is 0.194 e. The van der Waals surface area contributed by atoms with Gasteiger partial charge in [-0.15, -0.1) is 0 Å². The summed E-state index contributed by atoms with van der Waals surface area (Å²) in [5.74, 6) is 2.00. The molecule has 0 bridgehead atoms. The van der Waals surface area contributed by atoms with E-state index in [4.69, 9.17) is 0 Å². The van der Waals surface area contributed by atoms with Gasteiger partial charge in [0.1, 0.15) is 5.82 Å². The molecule has 1 atom stereocenters. The first-order valence-electron chi connectivity index (χ1n) is 9.72. The average Bonchev–Trinajstić information content (AvgIpc) is 3.45. The molecule has 1 aromatic heterocycles. The Balaban J connectivity index is 1.33. The number of aliphatic imine (C=N–C) groups is 1. The zero-order valence-corrected chi connectivity index (χ0v) is 16.0. The number of guanidine groups is 1. The van der Waals surface area contributed by atoms with Gasteiger partial charge < -0.3 is 14.8 Å². The van der Waals surface area contributed by atoms with Crippen molar-refractivity contribution in [2.45, 2.75) is 25.6 Å². The van der Waals surface area contributed by atoms with E-state index in [1.165, 1.54) is 12.0 Å². The molecule has 6 heteroatoms. The molecular formula is C21H28N6. The second kappa shape index (κ2) is 8.39. The van der Waals surface area contributed by atoms with Crippen LogP contribution in [0.15, 0.2) is 59.9 Å². The van der Waals surface area contributed by atoms with Gasteiger partial charge in [0.25, 0.3) is 0 Å². The Morgan fingerprint density at radius 3 is 2.81 bits per heavy atom. The topological polar surface area (TPSA) is 48.7 Å². The number of nitrogens with one attached hydrogen (secondary N) is 1. The number of hydrogen-bond donors (Lipinski definition) is 1. The predicted octanol–water partition coefficient (Wildman–Crippen LogP) is 1.95. The molecule has 0 radical (unpaired) electrons. The van der Waals surface area contributed by atoms with E-state index in [-0.39, 0.29) is 0 Å². The van der Waals surface area contributed by atoms with E-state index in [2.05, 4.69) is 66.1 Å². The minimum absolute atomic E-state index is 0.624. The van der Waals surface area contributed by atoms with Crippen molar-refractivity contribution < 1.29 is 0 Å². The summed E-state index contributed by atoms with van der Waals surface area (Å²) < 4.78 is 2.19. The van der Waals surface area contributed by atoms with E-state index in [0.29, 0.717) is 12.6 Å². The first-order chi connectivity index (χ1) is 13.3. The molecule has 0 saturated carbocycles. The Labute approximate surface area is 161 Å². The van der Waals surface area contributed by atoms with Crippen LogP contribution in [0, 0.1) is 0 Å². The third kappa shape index (κ3) is 4.22. The van der Waals surface area contributed by atoms with Gasteiger partial charge in [0, 0.05) is 58.2 Å². The second-order valence-corrected chi connectivity index (χ2v) is 7.17. The molecule has 1 unspecified atom stereocenters. The van der Waals surface area contributed by atoms with Gasteiger partial charge >= 0.3 is 0 Å². The molecule has 142 valence electrons. The van der Waals surface area contributed by atoms with Gasteiger partial charge in [0.15, 0.2) is 5.96 Å². The molecule has 4 rings (SSSR count). The molecule has 0 aliphatic carbocycles. The highest BCUT2D eigenvalue weighted by atomic mass is 15.3. The number of nitrogens with zero attached hydrogens (tertiary/aromatic N) is 5. The van der Waals surface area contributed by atoms with Crippen LogP contribution in [0.5, 0.6) is 0 Å². The van der Waals surface area contributed by atoms with Crippen molar-refractivity contribution >= 4 is 5.96 Å². The Kier molecular flexibility index (Phi) is 5.53. The smallest absolute Gasteiger partial charge is 0.194 e. The van der Waals surface area contributed by atoms with Crippen LogP contribution in [0.25, 0.3) is 0 Å². The summed E-state index contributed by atoms with van der Waals surface area (Å²) in [6.45, 7) is 5.78. The molecule has 1 N–H and O–H groups in total. The van der Waals surface area contributed by atoms with Gasteiger partial charge in [-0.05, 0) is 12.0 Å². The minimum Gasteiger partial charge on any atom is -0.349 e. The molecule has 2 aromatic rings. The highest BCUT2D eigenvalue weighted by Crippen LogP contribution is 2.18. The van der Waals surface area contributed by atoms with E-state index < -0.39 is 0 Å². The van der Waals surface area contributed by atoms with E-state index in [1.54, 1.807) is 0 Å². The van der Waals surface area contributed by atoms with Crippen LogP contribution in [0.3, 0.4) is 0 Å². The summed E-state index contributed by atoms with van der Waals surface area (Å²) in [4.78, 5) is 13.9. The first-order valence-corrected chi connectivity index (χ1v) is 9.72. The van der Waals surface area contributed by atoms with E-state index in [1.807, 2.05) is 25.5 Å². The fraction of sp³-hybridized carbons (Fsp3) is 0.429. The van der Waals surface area contributed by atoms with Crippen molar-refractivity contribution in [2.75, 3.05) is 33.2 Å². The van der Waals surface area contributed by atoms with Crippen LogP contribution in [-0.4, -0.2) is 64.6 Å². The number of hydrogen-bond acceptors (Lipinski definition) is 3.